The maximum absolute atomic E-state index is 13.1. The summed E-state index contributed by atoms with van der Waals surface area (Å²) in [6.45, 7) is 7.36. The van der Waals surface area contributed by atoms with Gasteiger partial charge in [0.25, 0.3) is 0 Å². The Balaban J connectivity index is 5.19. The number of ether oxygens (including phenoxy) is 4. The fourth-order valence-electron chi connectivity index (χ4n) is 12.9. The molecule has 102 heavy (non-hydrogen) atoms. The fourth-order valence-corrected chi connectivity index (χ4v) is 14.5. The Morgan fingerprint density at radius 1 is 0.265 bits per heavy atom. The Labute approximate surface area is 626 Å². The minimum absolute atomic E-state index is 0.108. The molecule has 0 aromatic rings. The molecule has 2 unspecified atom stereocenters. The van der Waals surface area contributed by atoms with E-state index in [2.05, 4.69) is 34.6 Å². The van der Waals surface area contributed by atoms with Gasteiger partial charge in [-0.2, -0.15) is 0 Å². The highest BCUT2D eigenvalue weighted by atomic mass is 31.2. The van der Waals surface area contributed by atoms with Gasteiger partial charge in [-0.25, -0.2) is 9.13 Å². The Hall–Kier alpha value is -1.94. The highest BCUT2D eigenvalue weighted by molar-refractivity contribution is 7.47. The highest BCUT2D eigenvalue weighted by Crippen LogP contribution is 2.45. The number of rotatable bonds is 83. The van der Waals surface area contributed by atoms with Crippen molar-refractivity contribution in [3.63, 3.8) is 0 Å². The van der Waals surface area contributed by atoms with Gasteiger partial charge >= 0.3 is 39.5 Å². The van der Waals surface area contributed by atoms with Crippen molar-refractivity contribution in [2.45, 2.75) is 464 Å². The third-order valence-electron chi connectivity index (χ3n) is 19.5. The first-order valence-electron chi connectivity index (χ1n) is 43.1. The van der Waals surface area contributed by atoms with E-state index in [1.54, 1.807) is 0 Å². The average Bonchev–Trinajstić information content (AvgIpc) is 0.966. The van der Waals surface area contributed by atoms with Gasteiger partial charge in [0.15, 0.2) is 12.2 Å². The third kappa shape index (κ3) is 76.3. The molecule has 5 atom stereocenters. The minimum Gasteiger partial charge on any atom is -0.462 e. The smallest absolute Gasteiger partial charge is 0.462 e. The van der Waals surface area contributed by atoms with E-state index in [0.29, 0.717) is 25.7 Å². The van der Waals surface area contributed by atoms with Crippen LogP contribution in [0.15, 0.2) is 0 Å². The standard InChI is InChI=1S/C83H162O17P2/c1-6-9-12-15-18-21-23-25-27-28-32-36-39-43-47-52-57-62-67-81(86)94-73-79(100-83(88)69-64-59-54-49-45-41-37-33-30-29-31-35-38-42-46-50-55-60-65-76(4)5)75-98-102(91,92)96-71-77(84)70-95-101(89,90)97-74-78(72-93-80(85)66-61-56-51-20-17-14-11-8-3)99-82(87)68-63-58-53-48-44-40-34-26-24-22-19-16-13-10-7-2/h76-79,84H,6-75H2,1-5H3,(H,89,90)(H,91,92)/t77-,78+,79+/m0/s1. The maximum Gasteiger partial charge on any atom is 0.472 e. The van der Waals surface area contributed by atoms with Crippen molar-refractivity contribution in [2.24, 2.45) is 5.92 Å². The summed E-state index contributed by atoms with van der Waals surface area (Å²) in [5, 5.41) is 10.6. The molecule has 19 heteroatoms. The molecule has 0 spiro atoms. The summed E-state index contributed by atoms with van der Waals surface area (Å²) in [5.41, 5.74) is 0. The van der Waals surface area contributed by atoms with Crippen molar-refractivity contribution in [1.82, 2.24) is 0 Å². The normalized spacial score (nSPS) is 13.8. The van der Waals surface area contributed by atoms with E-state index in [9.17, 15) is 43.2 Å². The Morgan fingerprint density at radius 2 is 0.451 bits per heavy atom. The van der Waals surface area contributed by atoms with Gasteiger partial charge < -0.3 is 33.8 Å². The van der Waals surface area contributed by atoms with Gasteiger partial charge in [-0.05, 0) is 31.6 Å². The number of aliphatic hydroxyl groups is 1. The van der Waals surface area contributed by atoms with Crippen LogP contribution in [0.3, 0.4) is 0 Å². The van der Waals surface area contributed by atoms with Crippen LogP contribution in [0, 0.1) is 5.92 Å². The number of carbonyl (C=O) groups is 4. The summed E-state index contributed by atoms with van der Waals surface area (Å²) in [6, 6.07) is 0. The van der Waals surface area contributed by atoms with Crippen molar-refractivity contribution in [1.29, 1.82) is 0 Å². The second kappa shape index (κ2) is 75.9. The summed E-state index contributed by atoms with van der Waals surface area (Å²) >= 11 is 0. The molecular formula is C83H162O17P2. The second-order valence-corrected chi connectivity index (χ2v) is 33.3. The summed E-state index contributed by atoms with van der Waals surface area (Å²) in [7, 11) is -9.92. The van der Waals surface area contributed by atoms with Gasteiger partial charge in [-0.15, -0.1) is 0 Å². The number of hydrogen-bond acceptors (Lipinski definition) is 15. The van der Waals surface area contributed by atoms with E-state index in [1.807, 2.05) is 0 Å². The molecule has 0 amide bonds. The molecule has 0 radical (unpaired) electrons. The number of hydrogen-bond donors (Lipinski definition) is 3. The Bertz CT molecular complexity index is 1940. The van der Waals surface area contributed by atoms with Crippen molar-refractivity contribution < 1.29 is 80.2 Å². The molecule has 0 aromatic carbocycles. The molecule has 0 rings (SSSR count). The summed E-state index contributed by atoms with van der Waals surface area (Å²) in [5.74, 6) is -1.29. The topological polar surface area (TPSA) is 237 Å². The summed E-state index contributed by atoms with van der Waals surface area (Å²) in [6.07, 6.45) is 68.1. The largest absolute Gasteiger partial charge is 0.472 e. The highest BCUT2D eigenvalue weighted by Gasteiger charge is 2.30. The predicted octanol–water partition coefficient (Wildman–Crippen LogP) is 25.2. The van der Waals surface area contributed by atoms with Crippen LogP contribution >= 0.6 is 15.6 Å². The molecule has 3 N–H and O–H groups in total. The minimum atomic E-state index is -4.96. The van der Waals surface area contributed by atoms with Gasteiger partial charge in [0, 0.05) is 25.7 Å². The molecule has 606 valence electrons. The number of phosphoric acid groups is 2. The lowest BCUT2D eigenvalue weighted by Gasteiger charge is -2.21. The molecule has 0 aliphatic rings. The number of phosphoric ester groups is 2. The van der Waals surface area contributed by atoms with Crippen LogP contribution in [-0.2, 0) is 65.4 Å². The zero-order valence-electron chi connectivity index (χ0n) is 66.8. The van der Waals surface area contributed by atoms with E-state index >= 15 is 0 Å². The fraction of sp³-hybridized carbons (Fsp3) is 0.952. The van der Waals surface area contributed by atoms with E-state index in [0.717, 1.165) is 95.8 Å². The summed E-state index contributed by atoms with van der Waals surface area (Å²) < 4.78 is 68.7. The molecule has 0 fully saturated rings. The first-order valence-corrected chi connectivity index (χ1v) is 46.1. The van der Waals surface area contributed by atoms with E-state index < -0.39 is 97.5 Å². The lowest BCUT2D eigenvalue weighted by Crippen LogP contribution is -2.30. The van der Waals surface area contributed by atoms with E-state index in [-0.39, 0.29) is 25.7 Å². The van der Waals surface area contributed by atoms with Crippen LogP contribution in [0.5, 0.6) is 0 Å². The van der Waals surface area contributed by atoms with Crippen molar-refractivity contribution >= 4 is 39.5 Å². The second-order valence-electron chi connectivity index (χ2n) is 30.3. The van der Waals surface area contributed by atoms with Gasteiger partial charge in [-0.1, -0.05) is 394 Å². The molecule has 0 saturated heterocycles. The average molecular weight is 1490 g/mol. The van der Waals surface area contributed by atoms with Crippen molar-refractivity contribution in [3.8, 4) is 0 Å². The van der Waals surface area contributed by atoms with Crippen LogP contribution in [0.2, 0.25) is 0 Å². The maximum atomic E-state index is 13.1. The monoisotopic (exact) mass is 1490 g/mol. The molecule has 0 bridgehead atoms. The molecule has 0 aromatic heterocycles. The summed E-state index contributed by atoms with van der Waals surface area (Å²) in [4.78, 5) is 73.0. The lowest BCUT2D eigenvalue weighted by atomic mass is 10.0. The Kier molecular flexibility index (Phi) is 74.4. The quantitative estimate of drug-likeness (QED) is 0.0222. The molecule has 0 heterocycles. The first-order chi connectivity index (χ1) is 49.5. The van der Waals surface area contributed by atoms with Crippen molar-refractivity contribution in [2.75, 3.05) is 39.6 Å². The zero-order chi connectivity index (χ0) is 74.8. The molecule has 0 saturated carbocycles. The van der Waals surface area contributed by atoms with Crippen LogP contribution in [0.4, 0.5) is 0 Å². The number of aliphatic hydroxyl groups excluding tert-OH is 1. The zero-order valence-corrected chi connectivity index (χ0v) is 68.5. The first kappa shape index (κ1) is 100. The van der Waals surface area contributed by atoms with Crippen LogP contribution in [0.1, 0.15) is 446 Å². The van der Waals surface area contributed by atoms with E-state index in [1.165, 1.54) is 270 Å². The van der Waals surface area contributed by atoms with Gasteiger partial charge in [0.05, 0.1) is 26.4 Å². The predicted molar refractivity (Wildman–Crippen MR) is 418 cm³/mol. The number of carbonyl (C=O) groups excluding carboxylic acids is 4. The van der Waals surface area contributed by atoms with Gasteiger partial charge in [0.1, 0.15) is 19.3 Å². The van der Waals surface area contributed by atoms with Crippen molar-refractivity contribution in [3.05, 3.63) is 0 Å². The Morgan fingerprint density at radius 3 is 0.667 bits per heavy atom. The van der Waals surface area contributed by atoms with Gasteiger partial charge in [-0.3, -0.25) is 37.3 Å². The SMILES string of the molecule is CCCCCCCCCCCCCCCCCCCCC(=O)OC[C@H](COP(=O)(O)OC[C@@H](O)COP(=O)(O)OC[C@@H](COC(=O)CCCCCCCCCC)OC(=O)CCCCCCCCCCCCCCCCC)OC(=O)CCCCCCCCCCCCCCCCCCCCC(C)C. The van der Waals surface area contributed by atoms with Crippen LogP contribution < -0.4 is 0 Å². The lowest BCUT2D eigenvalue weighted by molar-refractivity contribution is -0.161. The third-order valence-corrected chi connectivity index (χ3v) is 21.4. The molecular weight excluding hydrogens is 1330 g/mol. The van der Waals surface area contributed by atoms with Crippen LogP contribution in [0.25, 0.3) is 0 Å². The van der Waals surface area contributed by atoms with Crippen LogP contribution in [-0.4, -0.2) is 96.7 Å². The number of unbranched alkanes of at least 4 members (excludes halogenated alkanes) is 55. The van der Waals surface area contributed by atoms with E-state index in [4.69, 9.17) is 37.0 Å². The molecule has 0 aliphatic heterocycles. The molecule has 17 nitrogen and oxygen atoms in total. The number of esters is 4. The molecule has 0 aliphatic carbocycles. The van der Waals surface area contributed by atoms with Gasteiger partial charge in [0.2, 0.25) is 0 Å².